The fourth-order valence-corrected chi connectivity index (χ4v) is 7.05. The number of nitrogens with one attached hydrogen (secondary N) is 1. The number of aromatic nitrogens is 2. The minimum Gasteiger partial charge on any atom is -0.378 e. The molecule has 0 bridgehead atoms. The molecule has 2 aliphatic rings. The van der Waals surface area contributed by atoms with Gasteiger partial charge in [-0.15, -0.1) is 11.3 Å². The molecule has 0 radical (unpaired) electrons. The van der Waals surface area contributed by atoms with Crippen LogP contribution in [0.3, 0.4) is 0 Å². The maximum absolute atomic E-state index is 13.3. The number of carbonyl (C=O) groups excluding carboxylic acids is 1. The topological polar surface area (TPSA) is 115 Å². The Bertz CT molecular complexity index is 1280. The lowest BCUT2D eigenvalue weighted by atomic mass is 9.88. The third-order valence-electron chi connectivity index (χ3n) is 5.96. The highest BCUT2D eigenvalue weighted by Crippen LogP contribution is 2.35. The Kier molecular flexibility index (Phi) is 6.04. The monoisotopic (exact) mass is 488 g/mol. The number of rotatable bonds is 5. The van der Waals surface area contributed by atoms with Gasteiger partial charge in [-0.25, -0.2) is 13.1 Å². The first-order valence-electron chi connectivity index (χ1n) is 10.8. The molecule has 0 saturated carbocycles. The van der Waals surface area contributed by atoms with Gasteiger partial charge in [0.25, 0.3) is 0 Å². The number of carbonyl (C=O) groups is 1. The third kappa shape index (κ3) is 4.45. The molecule has 1 atom stereocenters. The van der Waals surface area contributed by atoms with Crippen molar-refractivity contribution in [3.05, 3.63) is 52.2 Å². The lowest BCUT2D eigenvalue weighted by Crippen LogP contribution is -2.40. The van der Waals surface area contributed by atoms with Crippen LogP contribution in [0.25, 0.3) is 10.7 Å². The van der Waals surface area contributed by atoms with Crippen LogP contribution in [0.4, 0.5) is 0 Å². The van der Waals surface area contributed by atoms with Crippen molar-refractivity contribution < 1.29 is 22.5 Å². The second kappa shape index (κ2) is 8.98. The number of aryl methyl sites for hydroxylation is 2. The van der Waals surface area contributed by atoms with E-state index in [1.807, 2.05) is 18.2 Å². The predicted octanol–water partition coefficient (Wildman–Crippen LogP) is 2.93. The van der Waals surface area contributed by atoms with Gasteiger partial charge in [-0.1, -0.05) is 29.4 Å². The van der Waals surface area contributed by atoms with Crippen molar-refractivity contribution >= 4 is 27.3 Å². The zero-order valence-electron chi connectivity index (χ0n) is 18.1. The van der Waals surface area contributed by atoms with Crippen LogP contribution in [0.5, 0.6) is 0 Å². The molecule has 1 aromatic carbocycles. The first-order chi connectivity index (χ1) is 15.9. The maximum atomic E-state index is 13.3. The average molecular weight is 489 g/mol. The van der Waals surface area contributed by atoms with Crippen molar-refractivity contribution in [3.63, 3.8) is 0 Å². The summed E-state index contributed by atoms with van der Waals surface area (Å²) in [6, 6.07) is 9.24. The van der Waals surface area contributed by atoms with Crippen LogP contribution in [0.1, 0.15) is 45.6 Å². The van der Waals surface area contributed by atoms with Crippen LogP contribution in [0.15, 0.2) is 39.8 Å². The van der Waals surface area contributed by atoms with E-state index in [-0.39, 0.29) is 28.6 Å². The Morgan fingerprint density at radius 3 is 2.85 bits per heavy atom. The van der Waals surface area contributed by atoms with E-state index in [9.17, 15) is 13.2 Å². The summed E-state index contributed by atoms with van der Waals surface area (Å²) < 4.78 is 39.8. The third-order valence-corrected chi connectivity index (χ3v) is 8.73. The van der Waals surface area contributed by atoms with Crippen LogP contribution in [-0.4, -0.2) is 55.7 Å². The SMILES string of the molecule is Cc1sc(-c2noc(C(=O)N3CCOCC3)n2)cc1S(=O)(=O)N[C@H]1CCCc2ccccc21. The summed E-state index contributed by atoms with van der Waals surface area (Å²) in [7, 11) is -3.76. The second-order valence-electron chi connectivity index (χ2n) is 8.12. The largest absolute Gasteiger partial charge is 0.378 e. The minimum absolute atomic E-state index is 0.112. The van der Waals surface area contributed by atoms with Crippen LogP contribution in [0.2, 0.25) is 0 Å². The molecule has 1 amide bonds. The molecule has 3 aromatic rings. The van der Waals surface area contributed by atoms with Crippen molar-refractivity contribution in [2.45, 2.75) is 37.1 Å². The lowest BCUT2D eigenvalue weighted by molar-refractivity contribution is 0.0272. The van der Waals surface area contributed by atoms with Crippen molar-refractivity contribution in [1.82, 2.24) is 19.8 Å². The number of hydrogen-bond donors (Lipinski definition) is 1. The molecule has 1 saturated heterocycles. The maximum Gasteiger partial charge on any atom is 0.316 e. The predicted molar refractivity (Wildman–Crippen MR) is 122 cm³/mol. The number of benzene rings is 1. The van der Waals surface area contributed by atoms with Crippen molar-refractivity contribution in [3.8, 4) is 10.7 Å². The highest BCUT2D eigenvalue weighted by molar-refractivity contribution is 7.89. The van der Waals surface area contributed by atoms with Gasteiger partial charge in [0, 0.05) is 24.0 Å². The summed E-state index contributed by atoms with van der Waals surface area (Å²) in [4.78, 5) is 19.7. The Hall–Kier alpha value is -2.60. The molecule has 1 N–H and O–H groups in total. The summed E-state index contributed by atoms with van der Waals surface area (Å²) in [5.74, 6) is -0.265. The highest BCUT2D eigenvalue weighted by Gasteiger charge is 2.29. The van der Waals surface area contributed by atoms with Crippen LogP contribution >= 0.6 is 11.3 Å². The van der Waals surface area contributed by atoms with Gasteiger partial charge in [0.1, 0.15) is 0 Å². The molecule has 9 nitrogen and oxygen atoms in total. The molecule has 5 rings (SSSR count). The molecule has 174 valence electrons. The van der Waals surface area contributed by atoms with Crippen LogP contribution in [0, 0.1) is 6.92 Å². The number of morpholine rings is 1. The molecule has 0 unspecified atom stereocenters. The number of nitrogens with zero attached hydrogens (tertiary/aromatic N) is 3. The fraction of sp³-hybridized carbons (Fsp3) is 0.409. The molecule has 0 spiro atoms. The number of thiophene rings is 1. The van der Waals surface area contributed by atoms with Crippen molar-refractivity contribution in [1.29, 1.82) is 0 Å². The van der Waals surface area contributed by atoms with E-state index < -0.39 is 10.0 Å². The summed E-state index contributed by atoms with van der Waals surface area (Å²) in [6.45, 7) is 3.62. The van der Waals surface area contributed by atoms with Crippen molar-refractivity contribution in [2.24, 2.45) is 0 Å². The Morgan fingerprint density at radius 2 is 2.03 bits per heavy atom. The number of hydrogen-bond acceptors (Lipinski definition) is 8. The molecule has 1 aliphatic carbocycles. The first kappa shape index (κ1) is 22.2. The zero-order chi connectivity index (χ0) is 23.0. The standard InChI is InChI=1S/C22H24N4O5S2/c1-14-19(33(28,29)25-17-8-4-6-15-5-2-3-7-16(15)17)13-18(32-14)20-23-21(31-24-20)22(27)26-9-11-30-12-10-26/h2-3,5,7,13,17,25H,4,6,8-12H2,1H3/t17-/m0/s1. The molecule has 33 heavy (non-hydrogen) atoms. The molecule has 1 aliphatic heterocycles. The van der Waals surface area contributed by atoms with Gasteiger partial charge in [-0.2, -0.15) is 4.98 Å². The molecule has 2 aromatic heterocycles. The summed E-state index contributed by atoms with van der Waals surface area (Å²) in [5.41, 5.74) is 2.22. The fourth-order valence-electron chi connectivity index (χ4n) is 4.28. The van der Waals surface area contributed by atoms with Gasteiger partial charge in [-0.3, -0.25) is 4.79 Å². The van der Waals surface area contributed by atoms with Crippen LogP contribution in [-0.2, 0) is 21.2 Å². The smallest absolute Gasteiger partial charge is 0.316 e. The number of ether oxygens (including phenoxy) is 1. The van der Waals surface area contributed by atoms with E-state index in [0.717, 1.165) is 24.8 Å². The first-order valence-corrected chi connectivity index (χ1v) is 13.1. The molecule has 11 heteroatoms. The Labute approximate surface area is 195 Å². The summed E-state index contributed by atoms with van der Waals surface area (Å²) >= 11 is 1.25. The van der Waals surface area contributed by atoms with Crippen molar-refractivity contribution in [2.75, 3.05) is 26.3 Å². The van der Waals surface area contributed by atoms with E-state index >= 15 is 0 Å². The van der Waals surface area contributed by atoms with Gasteiger partial charge in [0.15, 0.2) is 0 Å². The van der Waals surface area contributed by atoms with Gasteiger partial charge in [0.2, 0.25) is 15.8 Å². The Morgan fingerprint density at radius 1 is 1.24 bits per heavy atom. The molecular weight excluding hydrogens is 464 g/mol. The van der Waals surface area contributed by atoms with Crippen LogP contribution < -0.4 is 4.72 Å². The number of fused-ring (bicyclic) bond motifs is 1. The van der Waals surface area contributed by atoms with E-state index in [0.29, 0.717) is 36.1 Å². The average Bonchev–Trinajstić information content (AvgIpc) is 3.47. The summed E-state index contributed by atoms with van der Waals surface area (Å²) in [5, 5.41) is 3.91. The highest BCUT2D eigenvalue weighted by atomic mass is 32.2. The normalized spacial score (nSPS) is 18.8. The molecular formula is C22H24N4O5S2. The second-order valence-corrected chi connectivity index (χ2v) is 11.1. The minimum atomic E-state index is -3.76. The van der Waals surface area contributed by atoms with E-state index in [2.05, 4.69) is 20.9 Å². The van der Waals surface area contributed by atoms with Gasteiger partial charge >= 0.3 is 11.8 Å². The molecule has 1 fully saturated rings. The quantitative estimate of drug-likeness (QED) is 0.587. The number of sulfonamides is 1. The van der Waals surface area contributed by atoms with Gasteiger partial charge < -0.3 is 14.2 Å². The van der Waals surface area contributed by atoms with Gasteiger partial charge in [0.05, 0.1) is 23.0 Å². The van der Waals surface area contributed by atoms with E-state index in [1.54, 1.807) is 17.9 Å². The van der Waals surface area contributed by atoms with E-state index in [1.165, 1.54) is 16.9 Å². The zero-order valence-corrected chi connectivity index (χ0v) is 19.7. The van der Waals surface area contributed by atoms with Gasteiger partial charge in [-0.05, 0) is 43.4 Å². The molecule has 3 heterocycles. The summed E-state index contributed by atoms with van der Waals surface area (Å²) in [6.07, 6.45) is 2.64. The lowest BCUT2D eigenvalue weighted by Gasteiger charge is -2.26. The van der Waals surface area contributed by atoms with E-state index in [4.69, 9.17) is 9.26 Å². The Balaban J connectivity index is 1.37. The number of amides is 1.